The molecule has 0 spiro atoms. The van der Waals surface area contributed by atoms with Gasteiger partial charge in [0, 0.05) is 0 Å². The first-order chi connectivity index (χ1) is 10.3. The Labute approximate surface area is 131 Å². The van der Waals surface area contributed by atoms with Gasteiger partial charge >= 0.3 is 0 Å². The summed E-state index contributed by atoms with van der Waals surface area (Å²) < 4.78 is 5.70. The third-order valence-electron chi connectivity index (χ3n) is 3.79. The minimum Gasteiger partial charge on any atom is -0.376 e. The molecule has 0 N–H and O–H groups in total. The molecule has 21 heavy (non-hydrogen) atoms. The summed E-state index contributed by atoms with van der Waals surface area (Å²) in [7, 11) is 0. The zero-order chi connectivity index (χ0) is 15.2. The van der Waals surface area contributed by atoms with Crippen molar-refractivity contribution in [3.05, 3.63) is 47.5 Å². The molecule has 0 aliphatic carbocycles. The van der Waals surface area contributed by atoms with Gasteiger partial charge in [-0.05, 0) is 31.7 Å². The zero-order valence-electron chi connectivity index (χ0n) is 13.9. The summed E-state index contributed by atoms with van der Waals surface area (Å²) in [5.74, 6) is 0. The highest BCUT2D eigenvalue weighted by Gasteiger charge is 1.94. The Bertz CT molecular complexity index is 367. The molecule has 1 aromatic rings. The van der Waals surface area contributed by atoms with Gasteiger partial charge in [-0.3, -0.25) is 0 Å². The van der Waals surface area contributed by atoms with Gasteiger partial charge in [0.05, 0.1) is 13.2 Å². The second-order valence-corrected chi connectivity index (χ2v) is 5.90. The van der Waals surface area contributed by atoms with Gasteiger partial charge in [-0.15, -0.1) is 0 Å². The van der Waals surface area contributed by atoms with Crippen molar-refractivity contribution in [2.75, 3.05) is 6.61 Å². The Morgan fingerprint density at radius 1 is 1.00 bits per heavy atom. The maximum Gasteiger partial charge on any atom is 0.0717 e. The molecular weight excluding hydrogens is 256 g/mol. The molecule has 1 aromatic carbocycles. The van der Waals surface area contributed by atoms with Crippen LogP contribution in [0.4, 0.5) is 0 Å². The number of unbranched alkanes of at least 4 members (excludes halogenated alkanes) is 5. The highest BCUT2D eigenvalue weighted by Crippen LogP contribution is 2.12. The molecule has 0 amide bonds. The first-order valence-corrected chi connectivity index (χ1v) is 8.60. The predicted octanol–water partition coefficient (Wildman–Crippen LogP) is 6.29. The van der Waals surface area contributed by atoms with Crippen molar-refractivity contribution in [3.8, 4) is 0 Å². The van der Waals surface area contributed by atoms with Crippen LogP contribution in [0.1, 0.15) is 70.8 Å². The third-order valence-corrected chi connectivity index (χ3v) is 3.79. The van der Waals surface area contributed by atoms with Crippen LogP contribution >= 0.6 is 0 Å². The number of benzene rings is 1. The Hall–Kier alpha value is -1.08. The summed E-state index contributed by atoms with van der Waals surface area (Å²) in [5, 5.41) is 0. The fraction of sp³-hybridized carbons (Fsp3) is 0.600. The fourth-order valence-corrected chi connectivity index (χ4v) is 2.44. The van der Waals surface area contributed by atoms with E-state index in [9.17, 15) is 0 Å². The van der Waals surface area contributed by atoms with Gasteiger partial charge in [-0.25, -0.2) is 0 Å². The molecule has 0 aliphatic heterocycles. The van der Waals surface area contributed by atoms with Gasteiger partial charge in [-0.1, -0.05) is 81.0 Å². The maximum atomic E-state index is 5.70. The Morgan fingerprint density at radius 3 is 2.48 bits per heavy atom. The van der Waals surface area contributed by atoms with E-state index in [1.165, 1.54) is 56.1 Å². The van der Waals surface area contributed by atoms with E-state index in [0.717, 1.165) is 19.6 Å². The lowest BCUT2D eigenvalue weighted by molar-refractivity contribution is 0.125. The SMILES string of the molecule is CCCCCCCC/C(C)=C\CCOCc1ccccc1. The van der Waals surface area contributed by atoms with E-state index in [4.69, 9.17) is 4.74 Å². The van der Waals surface area contributed by atoms with Crippen molar-refractivity contribution in [2.45, 2.75) is 71.8 Å². The zero-order valence-corrected chi connectivity index (χ0v) is 13.9. The van der Waals surface area contributed by atoms with Crippen LogP contribution < -0.4 is 0 Å². The average Bonchev–Trinajstić information content (AvgIpc) is 2.51. The van der Waals surface area contributed by atoms with Gasteiger partial charge in [0.2, 0.25) is 0 Å². The van der Waals surface area contributed by atoms with Crippen LogP contribution in [-0.2, 0) is 11.3 Å². The first kappa shape index (κ1) is 18.0. The molecule has 0 radical (unpaired) electrons. The van der Waals surface area contributed by atoms with Crippen molar-refractivity contribution in [1.29, 1.82) is 0 Å². The molecule has 1 nitrogen and oxygen atoms in total. The van der Waals surface area contributed by atoms with Gasteiger partial charge in [0.1, 0.15) is 0 Å². The van der Waals surface area contributed by atoms with Crippen molar-refractivity contribution < 1.29 is 4.74 Å². The van der Waals surface area contributed by atoms with E-state index in [1.807, 2.05) is 6.07 Å². The largest absolute Gasteiger partial charge is 0.376 e. The third kappa shape index (κ3) is 10.3. The fourth-order valence-electron chi connectivity index (χ4n) is 2.44. The number of hydrogen-bond donors (Lipinski definition) is 0. The van der Waals surface area contributed by atoms with E-state index in [0.29, 0.717) is 0 Å². The van der Waals surface area contributed by atoms with Crippen LogP contribution in [0.3, 0.4) is 0 Å². The Morgan fingerprint density at radius 2 is 1.71 bits per heavy atom. The Balaban J connectivity index is 1.97. The molecule has 0 atom stereocenters. The molecule has 0 saturated carbocycles. The molecule has 0 bridgehead atoms. The summed E-state index contributed by atoms with van der Waals surface area (Å²) in [6, 6.07) is 10.4. The van der Waals surface area contributed by atoms with Crippen LogP contribution in [0.15, 0.2) is 42.0 Å². The smallest absolute Gasteiger partial charge is 0.0717 e. The minimum atomic E-state index is 0.727. The lowest BCUT2D eigenvalue weighted by Gasteiger charge is -2.04. The average molecular weight is 288 g/mol. The van der Waals surface area contributed by atoms with Crippen molar-refractivity contribution >= 4 is 0 Å². The topological polar surface area (TPSA) is 9.23 Å². The molecule has 0 unspecified atom stereocenters. The standard InChI is InChI=1S/C20H32O/c1-3-4-5-6-7-9-13-19(2)14-12-17-21-18-20-15-10-8-11-16-20/h8,10-11,14-16H,3-7,9,12-13,17-18H2,1-2H3/b19-14-. The predicted molar refractivity (Wildman–Crippen MR) is 92.5 cm³/mol. The number of rotatable bonds is 12. The van der Waals surface area contributed by atoms with E-state index < -0.39 is 0 Å². The van der Waals surface area contributed by atoms with Crippen molar-refractivity contribution in [3.63, 3.8) is 0 Å². The summed E-state index contributed by atoms with van der Waals surface area (Å²) in [6.07, 6.45) is 12.9. The first-order valence-electron chi connectivity index (χ1n) is 8.60. The molecule has 1 heteroatoms. The van der Waals surface area contributed by atoms with E-state index >= 15 is 0 Å². The van der Waals surface area contributed by atoms with Crippen molar-refractivity contribution in [2.24, 2.45) is 0 Å². The summed E-state index contributed by atoms with van der Waals surface area (Å²) in [4.78, 5) is 0. The highest BCUT2D eigenvalue weighted by atomic mass is 16.5. The molecule has 0 aromatic heterocycles. The summed E-state index contributed by atoms with van der Waals surface area (Å²) >= 11 is 0. The molecule has 0 heterocycles. The quantitative estimate of drug-likeness (QED) is 0.324. The van der Waals surface area contributed by atoms with Gasteiger partial charge in [0.15, 0.2) is 0 Å². The molecular formula is C20H32O. The van der Waals surface area contributed by atoms with Crippen molar-refractivity contribution in [1.82, 2.24) is 0 Å². The van der Waals surface area contributed by atoms with Gasteiger partial charge in [0.25, 0.3) is 0 Å². The van der Waals surface area contributed by atoms with E-state index in [2.05, 4.69) is 44.2 Å². The molecule has 0 fully saturated rings. The van der Waals surface area contributed by atoms with Gasteiger partial charge < -0.3 is 4.74 Å². The van der Waals surface area contributed by atoms with E-state index in [1.54, 1.807) is 0 Å². The number of ether oxygens (including phenoxy) is 1. The maximum absolute atomic E-state index is 5.70. The van der Waals surface area contributed by atoms with Crippen LogP contribution in [-0.4, -0.2) is 6.61 Å². The van der Waals surface area contributed by atoms with E-state index in [-0.39, 0.29) is 0 Å². The number of hydrogen-bond acceptors (Lipinski definition) is 1. The monoisotopic (exact) mass is 288 g/mol. The molecule has 1 rings (SSSR count). The summed E-state index contributed by atoms with van der Waals surface area (Å²) in [6.45, 7) is 6.07. The lowest BCUT2D eigenvalue weighted by Crippen LogP contribution is -1.94. The normalized spacial score (nSPS) is 11.8. The van der Waals surface area contributed by atoms with Gasteiger partial charge in [-0.2, -0.15) is 0 Å². The second-order valence-electron chi connectivity index (χ2n) is 5.90. The van der Waals surface area contributed by atoms with Crippen LogP contribution in [0.5, 0.6) is 0 Å². The number of allylic oxidation sites excluding steroid dienone is 1. The Kier molecular flexibility index (Phi) is 10.8. The van der Waals surface area contributed by atoms with Crippen LogP contribution in [0, 0.1) is 0 Å². The van der Waals surface area contributed by atoms with Crippen LogP contribution in [0.2, 0.25) is 0 Å². The second kappa shape index (κ2) is 12.6. The highest BCUT2D eigenvalue weighted by molar-refractivity contribution is 5.13. The minimum absolute atomic E-state index is 0.727. The molecule has 0 aliphatic rings. The molecule has 0 saturated heterocycles. The van der Waals surface area contributed by atoms with Crippen LogP contribution in [0.25, 0.3) is 0 Å². The summed E-state index contributed by atoms with van der Waals surface area (Å²) in [5.41, 5.74) is 2.78. The molecule has 118 valence electrons. The lowest BCUT2D eigenvalue weighted by atomic mass is 10.1.